The smallest absolute Gasteiger partial charge is 0.120 e. The minimum atomic E-state index is 0.486. The van der Waals surface area contributed by atoms with Gasteiger partial charge in [0.2, 0.25) is 0 Å². The van der Waals surface area contributed by atoms with Crippen molar-refractivity contribution < 1.29 is 4.84 Å². The molecule has 0 aliphatic carbocycles. The van der Waals surface area contributed by atoms with Crippen molar-refractivity contribution in [2.45, 2.75) is 0 Å². The molecule has 0 saturated heterocycles. The Morgan fingerprint density at radius 3 is 2.17 bits per heavy atom. The van der Waals surface area contributed by atoms with E-state index in [1.807, 2.05) is 19.0 Å². The van der Waals surface area contributed by atoms with E-state index in [0.717, 1.165) is 0 Å². The highest BCUT2D eigenvalue weighted by Crippen LogP contribution is 1.66. The number of hydrogen-bond donors (Lipinski definition) is 1. The molecule has 0 rings (SSSR count). The topological polar surface area (TPSA) is 38.5 Å². The molecular formula is C3H10N2O. The van der Waals surface area contributed by atoms with E-state index in [2.05, 4.69) is 10.7 Å². The summed E-state index contributed by atoms with van der Waals surface area (Å²) in [5.41, 5.74) is 0. The lowest BCUT2D eigenvalue weighted by Crippen LogP contribution is -2.18. The maximum atomic E-state index is 4.69. The van der Waals surface area contributed by atoms with Crippen LogP contribution < -0.4 is 5.90 Å². The summed E-state index contributed by atoms with van der Waals surface area (Å²) in [5, 5.41) is 0. The summed E-state index contributed by atoms with van der Waals surface area (Å²) in [7, 11) is 3.76. The number of nitrogens with zero attached hydrogens (tertiary/aromatic N) is 1. The van der Waals surface area contributed by atoms with Crippen molar-refractivity contribution in [3.8, 4) is 0 Å². The molecule has 0 aliphatic heterocycles. The molecule has 0 aromatic heterocycles. The molecule has 3 nitrogen and oxygen atoms in total. The quantitative estimate of drug-likeness (QED) is 0.363. The van der Waals surface area contributed by atoms with Gasteiger partial charge in [-0.2, -0.15) is 0 Å². The van der Waals surface area contributed by atoms with E-state index in [1.165, 1.54) is 0 Å². The predicted octanol–water partition coefficient (Wildman–Crippen LogP) is -0.604. The second-order valence-electron chi connectivity index (χ2n) is 1.38. The van der Waals surface area contributed by atoms with Crippen LogP contribution in [0.4, 0.5) is 0 Å². The Morgan fingerprint density at radius 1 is 1.67 bits per heavy atom. The molecule has 0 aromatic carbocycles. The number of rotatable bonds is 2. The Labute approximate surface area is 37.6 Å². The van der Waals surface area contributed by atoms with E-state index in [0.29, 0.717) is 6.73 Å². The molecule has 38 valence electrons. The van der Waals surface area contributed by atoms with Crippen molar-refractivity contribution in [2.75, 3.05) is 20.8 Å². The summed E-state index contributed by atoms with van der Waals surface area (Å²) in [6, 6.07) is 0. The van der Waals surface area contributed by atoms with Crippen LogP contribution in [0.3, 0.4) is 0 Å². The molecule has 0 atom stereocenters. The van der Waals surface area contributed by atoms with Crippen LogP contribution in [-0.2, 0) is 4.84 Å². The lowest BCUT2D eigenvalue weighted by Gasteiger charge is -2.03. The van der Waals surface area contributed by atoms with Crippen LogP contribution in [0, 0.1) is 0 Å². The Morgan fingerprint density at radius 2 is 2.17 bits per heavy atom. The highest BCUT2D eigenvalue weighted by atomic mass is 16.6. The molecule has 0 unspecified atom stereocenters. The first-order valence-electron chi connectivity index (χ1n) is 1.74. The zero-order valence-electron chi connectivity index (χ0n) is 4.14. The molecule has 0 amide bonds. The Balaban J connectivity index is 2.63. The maximum absolute atomic E-state index is 4.69. The second-order valence-corrected chi connectivity index (χ2v) is 1.38. The minimum absolute atomic E-state index is 0.486. The Bertz CT molecular complexity index is 30.0. The van der Waals surface area contributed by atoms with Gasteiger partial charge in [-0.1, -0.05) is 0 Å². The largest absolute Gasteiger partial charge is 0.289 e. The van der Waals surface area contributed by atoms with E-state index < -0.39 is 0 Å². The van der Waals surface area contributed by atoms with E-state index >= 15 is 0 Å². The van der Waals surface area contributed by atoms with Gasteiger partial charge in [-0.25, -0.2) is 5.90 Å². The molecule has 6 heavy (non-hydrogen) atoms. The molecule has 2 N–H and O–H groups in total. The number of hydrogen-bond acceptors (Lipinski definition) is 3. The van der Waals surface area contributed by atoms with Crippen LogP contribution in [0.15, 0.2) is 0 Å². The zero-order valence-corrected chi connectivity index (χ0v) is 4.14. The summed E-state index contributed by atoms with van der Waals surface area (Å²) in [6.45, 7) is 0.486. The van der Waals surface area contributed by atoms with Crippen LogP contribution >= 0.6 is 0 Å². The maximum Gasteiger partial charge on any atom is 0.120 e. The van der Waals surface area contributed by atoms with Crippen LogP contribution in [-0.4, -0.2) is 25.7 Å². The third-order valence-corrected chi connectivity index (χ3v) is 0.333. The standard InChI is InChI=1S/C3H10N2O/c1-5(2)3-6-4/h3-4H2,1-2H3. The summed E-state index contributed by atoms with van der Waals surface area (Å²) in [6.07, 6.45) is 0. The molecular weight excluding hydrogens is 80.0 g/mol. The van der Waals surface area contributed by atoms with Crippen LogP contribution in [0.2, 0.25) is 0 Å². The molecule has 0 spiro atoms. The fourth-order valence-electron chi connectivity index (χ4n) is 0.149. The van der Waals surface area contributed by atoms with Crippen molar-refractivity contribution in [1.29, 1.82) is 0 Å². The highest BCUT2D eigenvalue weighted by molar-refractivity contribution is 4.19. The first-order valence-corrected chi connectivity index (χ1v) is 1.74. The molecule has 0 bridgehead atoms. The lowest BCUT2D eigenvalue weighted by atomic mass is 11.0. The van der Waals surface area contributed by atoms with E-state index in [9.17, 15) is 0 Å². The zero-order chi connectivity index (χ0) is 4.99. The van der Waals surface area contributed by atoms with Gasteiger partial charge in [0.15, 0.2) is 0 Å². The van der Waals surface area contributed by atoms with Crippen molar-refractivity contribution in [3.05, 3.63) is 0 Å². The fourth-order valence-corrected chi connectivity index (χ4v) is 0.149. The van der Waals surface area contributed by atoms with Crippen molar-refractivity contribution in [2.24, 2.45) is 5.90 Å². The molecule has 0 heterocycles. The van der Waals surface area contributed by atoms with Gasteiger partial charge >= 0.3 is 0 Å². The van der Waals surface area contributed by atoms with Gasteiger partial charge in [-0.3, -0.25) is 9.74 Å². The van der Waals surface area contributed by atoms with E-state index in [1.54, 1.807) is 0 Å². The van der Waals surface area contributed by atoms with Gasteiger partial charge in [0, 0.05) is 0 Å². The lowest BCUT2D eigenvalue weighted by molar-refractivity contribution is 0.0566. The normalized spacial score (nSPS) is 10.0. The van der Waals surface area contributed by atoms with E-state index in [-0.39, 0.29) is 0 Å². The summed E-state index contributed by atoms with van der Waals surface area (Å²) < 4.78 is 0. The van der Waals surface area contributed by atoms with Gasteiger partial charge in [0.05, 0.1) is 0 Å². The van der Waals surface area contributed by atoms with Crippen molar-refractivity contribution >= 4 is 0 Å². The third-order valence-electron chi connectivity index (χ3n) is 0.333. The van der Waals surface area contributed by atoms with Crippen molar-refractivity contribution in [1.82, 2.24) is 4.90 Å². The molecule has 0 radical (unpaired) electrons. The van der Waals surface area contributed by atoms with Gasteiger partial charge < -0.3 is 0 Å². The monoisotopic (exact) mass is 90.1 g/mol. The van der Waals surface area contributed by atoms with Gasteiger partial charge in [-0.05, 0) is 14.1 Å². The summed E-state index contributed by atoms with van der Waals surface area (Å²) in [5.74, 6) is 4.69. The van der Waals surface area contributed by atoms with Crippen LogP contribution in [0.25, 0.3) is 0 Å². The first-order chi connectivity index (χ1) is 2.77. The Kier molecular flexibility index (Phi) is 3.02. The Hall–Kier alpha value is -0.120. The van der Waals surface area contributed by atoms with Gasteiger partial charge in [0.25, 0.3) is 0 Å². The SMILES string of the molecule is CN(C)CON. The third kappa shape index (κ3) is 3.88. The van der Waals surface area contributed by atoms with Crippen LogP contribution in [0.5, 0.6) is 0 Å². The average molecular weight is 90.1 g/mol. The molecule has 0 aromatic rings. The van der Waals surface area contributed by atoms with Gasteiger partial charge in [0.1, 0.15) is 6.73 Å². The van der Waals surface area contributed by atoms with E-state index in [4.69, 9.17) is 0 Å². The predicted molar refractivity (Wildman–Crippen MR) is 23.8 cm³/mol. The van der Waals surface area contributed by atoms with Crippen molar-refractivity contribution in [3.63, 3.8) is 0 Å². The number of nitrogens with two attached hydrogens (primary N) is 1. The average Bonchev–Trinajstić information content (AvgIpc) is 1.35. The highest BCUT2D eigenvalue weighted by Gasteiger charge is 1.79. The molecule has 0 aliphatic rings. The van der Waals surface area contributed by atoms with Crippen LogP contribution in [0.1, 0.15) is 0 Å². The second kappa shape index (κ2) is 3.08. The minimum Gasteiger partial charge on any atom is -0.289 e. The summed E-state index contributed by atoms with van der Waals surface area (Å²) >= 11 is 0. The first kappa shape index (κ1) is 5.88. The molecule has 0 fully saturated rings. The molecule has 3 heteroatoms. The van der Waals surface area contributed by atoms with Gasteiger partial charge in [-0.15, -0.1) is 0 Å². The summed E-state index contributed by atoms with van der Waals surface area (Å²) in [4.78, 5) is 6.06. The molecule has 0 saturated carbocycles. The fraction of sp³-hybridized carbons (Fsp3) is 1.00.